The van der Waals surface area contributed by atoms with Gasteiger partial charge in [0.05, 0.1) is 25.4 Å². The molecule has 11 heteroatoms. The van der Waals surface area contributed by atoms with Gasteiger partial charge in [0.25, 0.3) is 0 Å². The smallest absolute Gasteiger partial charge is 0.306 e. The number of unbranched alkanes of at least 4 members (excludes halogenated alkanes) is 14. The first-order chi connectivity index (χ1) is 37.7. The molecule has 1 heterocycles. The van der Waals surface area contributed by atoms with E-state index in [1.165, 1.54) is 57.8 Å². The predicted molar refractivity (Wildman–Crippen MR) is 319 cm³/mol. The highest BCUT2D eigenvalue weighted by Gasteiger charge is 2.47. The van der Waals surface area contributed by atoms with Gasteiger partial charge in [-0.2, -0.15) is 0 Å². The number of rotatable bonds is 48. The first kappa shape index (κ1) is 70.8. The number of carbonyl (C=O) groups excluding carboxylic acids is 2. The minimum absolute atomic E-state index is 0.0537. The predicted octanol–water partition coefficient (Wildman–Crippen LogP) is 14.1. The summed E-state index contributed by atoms with van der Waals surface area (Å²) in [6.07, 6.45) is 63.6. The van der Waals surface area contributed by atoms with Crippen LogP contribution in [-0.2, 0) is 23.8 Å². The molecule has 11 nitrogen and oxygen atoms in total. The van der Waals surface area contributed by atoms with E-state index in [0.29, 0.717) is 12.8 Å². The molecule has 6 N–H and O–H groups in total. The average Bonchev–Trinajstić information content (AvgIpc) is 3.43. The number of aliphatic hydroxyl groups excluding tert-OH is 5. The van der Waals surface area contributed by atoms with Gasteiger partial charge in [-0.3, -0.25) is 9.59 Å². The zero-order chi connectivity index (χ0) is 56.1. The van der Waals surface area contributed by atoms with Crippen LogP contribution in [0.2, 0.25) is 0 Å². The Morgan fingerprint density at radius 1 is 0.519 bits per heavy atom. The van der Waals surface area contributed by atoms with Crippen molar-refractivity contribution in [1.82, 2.24) is 5.32 Å². The second-order valence-electron chi connectivity index (χ2n) is 20.0. The summed E-state index contributed by atoms with van der Waals surface area (Å²) in [6.45, 7) is 5.55. The Kier molecular flexibility index (Phi) is 48.3. The van der Waals surface area contributed by atoms with Crippen LogP contribution >= 0.6 is 0 Å². The summed E-state index contributed by atoms with van der Waals surface area (Å²) in [7, 11) is 0. The number of esters is 1. The van der Waals surface area contributed by atoms with Crippen LogP contribution in [0.3, 0.4) is 0 Å². The molecule has 1 aliphatic heterocycles. The van der Waals surface area contributed by atoms with Crippen LogP contribution in [0, 0.1) is 0 Å². The number of amides is 1. The first-order valence-electron chi connectivity index (χ1n) is 30.0. The van der Waals surface area contributed by atoms with Crippen LogP contribution in [0.25, 0.3) is 0 Å². The molecule has 436 valence electrons. The Morgan fingerprint density at radius 3 is 1.43 bits per heavy atom. The monoisotopic (exact) mass is 1070 g/mol. The van der Waals surface area contributed by atoms with Crippen molar-refractivity contribution >= 4 is 11.9 Å². The maximum atomic E-state index is 13.4. The molecule has 1 saturated heterocycles. The summed E-state index contributed by atoms with van der Waals surface area (Å²) in [4.78, 5) is 26.5. The Labute approximate surface area is 467 Å². The van der Waals surface area contributed by atoms with Gasteiger partial charge in [0, 0.05) is 6.42 Å². The summed E-state index contributed by atoms with van der Waals surface area (Å²) in [6, 6.07) is -1.07. The molecular weight excluding hydrogens is 967 g/mol. The van der Waals surface area contributed by atoms with Crippen molar-refractivity contribution in [3.63, 3.8) is 0 Å². The molecule has 8 atom stereocenters. The Morgan fingerprint density at radius 2 is 0.935 bits per heavy atom. The Bertz CT molecular complexity index is 1760. The molecule has 1 aliphatic rings. The van der Waals surface area contributed by atoms with Crippen LogP contribution in [0.1, 0.15) is 207 Å². The molecule has 0 aromatic rings. The fourth-order valence-electron chi connectivity index (χ4n) is 8.29. The van der Waals surface area contributed by atoms with Crippen molar-refractivity contribution < 1.29 is 49.3 Å². The van der Waals surface area contributed by atoms with E-state index >= 15 is 0 Å². The number of allylic oxidation sites excluding steroid dienone is 21. The largest absolute Gasteiger partial charge is 0.454 e. The summed E-state index contributed by atoms with van der Waals surface area (Å²) in [5.74, 6) is -1.31. The molecule has 0 bridgehead atoms. The highest BCUT2D eigenvalue weighted by atomic mass is 16.7. The number of hydrogen-bond donors (Lipinski definition) is 6. The molecule has 1 rings (SSSR count). The lowest BCUT2D eigenvalue weighted by Gasteiger charge is -2.41. The van der Waals surface area contributed by atoms with E-state index in [1.807, 2.05) is 18.2 Å². The van der Waals surface area contributed by atoms with Gasteiger partial charge < -0.3 is 45.1 Å². The van der Waals surface area contributed by atoms with E-state index in [0.717, 1.165) is 103 Å². The van der Waals surface area contributed by atoms with E-state index in [9.17, 15) is 35.1 Å². The van der Waals surface area contributed by atoms with Crippen molar-refractivity contribution in [2.24, 2.45) is 0 Å². The lowest BCUT2D eigenvalue weighted by molar-refractivity contribution is -0.305. The molecule has 77 heavy (non-hydrogen) atoms. The topological polar surface area (TPSA) is 175 Å². The van der Waals surface area contributed by atoms with Crippen LogP contribution < -0.4 is 5.32 Å². The quantitative estimate of drug-likeness (QED) is 0.0195. The number of nitrogens with one attached hydrogen (secondary N) is 1. The first-order valence-corrected chi connectivity index (χ1v) is 30.0. The minimum atomic E-state index is -1.65. The van der Waals surface area contributed by atoms with Crippen molar-refractivity contribution in [1.29, 1.82) is 0 Å². The fraction of sp³-hybridized carbons (Fsp3) is 0.636. The van der Waals surface area contributed by atoms with E-state index in [2.05, 4.69) is 135 Å². The van der Waals surface area contributed by atoms with Gasteiger partial charge in [-0.05, 0) is 116 Å². The Balaban J connectivity index is 2.76. The lowest BCUT2D eigenvalue weighted by atomic mass is 9.99. The maximum absolute atomic E-state index is 13.4. The number of carbonyl (C=O) groups is 2. The second-order valence-corrected chi connectivity index (χ2v) is 20.0. The summed E-state index contributed by atoms with van der Waals surface area (Å²) in [5.41, 5.74) is 0. The Hall–Kier alpha value is -4.20. The zero-order valence-electron chi connectivity index (χ0n) is 48.0. The average molecular weight is 1070 g/mol. The lowest BCUT2D eigenvalue weighted by Crippen LogP contribution is -2.61. The summed E-state index contributed by atoms with van der Waals surface area (Å²) >= 11 is 0. The molecule has 8 unspecified atom stereocenters. The van der Waals surface area contributed by atoms with Crippen molar-refractivity contribution in [3.05, 3.63) is 134 Å². The van der Waals surface area contributed by atoms with Gasteiger partial charge >= 0.3 is 5.97 Å². The highest BCUT2D eigenvalue weighted by Crippen LogP contribution is 2.26. The van der Waals surface area contributed by atoms with Gasteiger partial charge in [-0.1, -0.05) is 219 Å². The van der Waals surface area contributed by atoms with Crippen LogP contribution in [0.4, 0.5) is 0 Å². The molecule has 1 amide bonds. The second kappa shape index (κ2) is 52.5. The standard InChI is InChI=1S/C66H107NO10/c1-4-7-10-13-16-19-22-24-26-28-29-30-31-32-34-36-39-42-45-48-51-54-61(71)77-64-63(73)62(72)60(55-68)76-66(64)75-56-57(58(69)52-49-46-43-40-37-21-18-15-12-9-6-3)67-65(74)59(70)53-50-47-44-41-38-35-33-27-25-23-20-17-14-11-8-5-2/h7,10,16-17,19-20,24-27,29-30,32,34-35,38-39,42,44,47,49,52,57-60,62-64,66,68-70,72-73H,4-6,8-9,11-15,18,21-23,28,31,33,36-37,40-41,43,45-46,48,50-51,53-56H2,1-3H3,(H,67,74)/b10-7-,19-16-,20-17-,26-24-,27-25-,30-29-,34-32-,38-35-,42-39-,47-44-,52-49+. The van der Waals surface area contributed by atoms with E-state index in [4.69, 9.17) is 14.2 Å². The molecule has 0 spiro atoms. The SMILES string of the molecule is CC/C=C\C/C=C\C/C=C\C/C=C\C/C=C\C/C=C\CCCCC(=O)OC1C(OCC(NC(=O)C(O)CC/C=C\C/C=C\C/C=C\C/C=C\CCCCC)C(O)/C=C/CCCCCCCCCCC)OC(CO)C(O)C1O. The fourth-order valence-corrected chi connectivity index (χ4v) is 8.29. The number of hydrogen-bond acceptors (Lipinski definition) is 10. The molecular formula is C66H107NO10. The molecule has 0 saturated carbocycles. The minimum Gasteiger partial charge on any atom is -0.454 e. The zero-order valence-corrected chi connectivity index (χ0v) is 48.0. The molecule has 1 fully saturated rings. The van der Waals surface area contributed by atoms with Gasteiger partial charge in [0.1, 0.15) is 24.4 Å². The number of ether oxygens (including phenoxy) is 3. The van der Waals surface area contributed by atoms with Gasteiger partial charge in [0.2, 0.25) is 5.91 Å². The molecule has 0 aromatic carbocycles. The molecule has 0 radical (unpaired) electrons. The van der Waals surface area contributed by atoms with Gasteiger partial charge in [0.15, 0.2) is 12.4 Å². The van der Waals surface area contributed by atoms with E-state index in [-0.39, 0.29) is 19.4 Å². The molecule has 0 aliphatic carbocycles. The molecule has 0 aromatic heterocycles. The summed E-state index contributed by atoms with van der Waals surface area (Å²) < 4.78 is 17.5. The summed E-state index contributed by atoms with van der Waals surface area (Å²) in [5, 5.41) is 56.8. The van der Waals surface area contributed by atoms with E-state index in [1.54, 1.807) is 6.08 Å². The van der Waals surface area contributed by atoms with Crippen molar-refractivity contribution in [3.8, 4) is 0 Å². The third-order valence-corrected chi connectivity index (χ3v) is 13.0. The van der Waals surface area contributed by atoms with Crippen LogP contribution in [0.5, 0.6) is 0 Å². The van der Waals surface area contributed by atoms with Gasteiger partial charge in [-0.25, -0.2) is 0 Å². The number of aliphatic hydroxyl groups is 5. The van der Waals surface area contributed by atoms with Crippen molar-refractivity contribution in [2.75, 3.05) is 13.2 Å². The highest BCUT2D eigenvalue weighted by molar-refractivity contribution is 5.80. The van der Waals surface area contributed by atoms with Crippen LogP contribution in [-0.4, -0.2) is 99.6 Å². The van der Waals surface area contributed by atoms with Crippen molar-refractivity contribution in [2.45, 2.75) is 256 Å². The normalized spacial score (nSPS) is 20.0. The maximum Gasteiger partial charge on any atom is 0.306 e. The van der Waals surface area contributed by atoms with Gasteiger partial charge in [-0.15, -0.1) is 0 Å². The van der Waals surface area contributed by atoms with Crippen LogP contribution in [0.15, 0.2) is 134 Å². The third kappa shape index (κ3) is 40.6. The third-order valence-electron chi connectivity index (χ3n) is 13.0. The van der Waals surface area contributed by atoms with E-state index < -0.39 is 67.4 Å².